The van der Waals surface area contributed by atoms with Gasteiger partial charge in [0.05, 0.1) is 12.2 Å². The summed E-state index contributed by atoms with van der Waals surface area (Å²) in [6, 6.07) is 10.8. The second kappa shape index (κ2) is 6.56. The second-order valence-corrected chi connectivity index (χ2v) is 4.44. The fourth-order valence-electron chi connectivity index (χ4n) is 1.92. The minimum absolute atomic E-state index is 0.122. The molecule has 0 aliphatic heterocycles. The lowest BCUT2D eigenvalue weighted by atomic mass is 10.0. The summed E-state index contributed by atoms with van der Waals surface area (Å²) in [6.07, 6.45) is 1.69. The average Bonchev–Trinajstić information content (AvgIpc) is 2.46. The Morgan fingerprint density at radius 1 is 1.30 bits per heavy atom. The Bertz CT molecular complexity index is 612. The van der Waals surface area contributed by atoms with Gasteiger partial charge in [-0.3, -0.25) is 9.78 Å². The fraction of sp³-hybridized carbons (Fsp3) is 0.200. The van der Waals surface area contributed by atoms with Gasteiger partial charge in [0.1, 0.15) is 6.54 Å². The van der Waals surface area contributed by atoms with Crippen molar-refractivity contribution in [3.05, 3.63) is 69.9 Å². The molecule has 5 nitrogen and oxygen atoms in total. The highest BCUT2D eigenvalue weighted by Gasteiger charge is 2.09. The van der Waals surface area contributed by atoms with Crippen LogP contribution in [0.4, 0.5) is 0 Å². The van der Waals surface area contributed by atoms with Gasteiger partial charge in [0.25, 0.3) is 5.91 Å². The molecule has 0 unspecified atom stereocenters. The summed E-state index contributed by atoms with van der Waals surface area (Å²) in [5.41, 5.74) is 3.03. The van der Waals surface area contributed by atoms with Crippen molar-refractivity contribution in [3.63, 3.8) is 0 Å². The Labute approximate surface area is 117 Å². The van der Waals surface area contributed by atoms with Gasteiger partial charge in [-0.05, 0) is 36.2 Å². The van der Waals surface area contributed by atoms with Crippen LogP contribution in [-0.2, 0) is 13.1 Å². The molecule has 1 aromatic carbocycles. The Balaban J connectivity index is 2.04. The number of carbonyl (C=O) groups is 1. The Morgan fingerprint density at radius 3 is 2.80 bits per heavy atom. The largest absolute Gasteiger partial charge is 0.346 e. The van der Waals surface area contributed by atoms with Gasteiger partial charge in [-0.25, -0.2) is 0 Å². The number of rotatable bonds is 5. The summed E-state index contributed by atoms with van der Waals surface area (Å²) in [5.74, 6) is -0.154. The zero-order chi connectivity index (χ0) is 14.4. The first-order chi connectivity index (χ1) is 9.70. The number of hydrogen-bond acceptors (Lipinski definition) is 4. The van der Waals surface area contributed by atoms with E-state index in [1.54, 1.807) is 24.4 Å². The van der Waals surface area contributed by atoms with Crippen molar-refractivity contribution in [1.29, 1.82) is 0 Å². The summed E-state index contributed by atoms with van der Waals surface area (Å²) >= 11 is 0. The van der Waals surface area contributed by atoms with Crippen LogP contribution in [0.3, 0.4) is 0 Å². The van der Waals surface area contributed by atoms with Crippen molar-refractivity contribution in [2.45, 2.75) is 20.0 Å². The average molecular weight is 269 g/mol. The highest BCUT2D eigenvalue weighted by Crippen LogP contribution is 2.12. The van der Waals surface area contributed by atoms with Crippen LogP contribution in [0.25, 0.3) is 0 Å². The van der Waals surface area contributed by atoms with Crippen molar-refractivity contribution in [1.82, 2.24) is 10.3 Å². The molecule has 0 atom stereocenters. The summed E-state index contributed by atoms with van der Waals surface area (Å²) in [5, 5.41) is 5.66. The van der Waals surface area contributed by atoms with E-state index in [9.17, 15) is 9.70 Å². The lowest BCUT2D eigenvalue weighted by molar-refractivity contribution is 0.0950. The molecule has 1 heterocycles. The van der Waals surface area contributed by atoms with E-state index in [-0.39, 0.29) is 12.5 Å². The molecule has 5 heteroatoms. The molecule has 1 aromatic heterocycles. The van der Waals surface area contributed by atoms with Gasteiger partial charge < -0.3 is 5.32 Å². The lowest BCUT2D eigenvalue weighted by Crippen LogP contribution is -2.24. The molecular formula is C15H15N3O2. The van der Waals surface area contributed by atoms with Gasteiger partial charge in [-0.15, -0.1) is 0 Å². The Morgan fingerprint density at radius 2 is 2.15 bits per heavy atom. The van der Waals surface area contributed by atoms with Crippen LogP contribution < -0.4 is 5.32 Å². The van der Waals surface area contributed by atoms with E-state index < -0.39 is 0 Å². The third kappa shape index (κ3) is 3.47. The van der Waals surface area contributed by atoms with E-state index in [0.717, 1.165) is 16.8 Å². The van der Waals surface area contributed by atoms with Crippen LogP contribution in [0, 0.1) is 11.8 Å². The first kappa shape index (κ1) is 13.9. The number of nitroso groups, excluding NO2 is 1. The predicted octanol–water partition coefficient (Wildman–Crippen LogP) is 2.59. The third-order valence-corrected chi connectivity index (χ3v) is 2.94. The highest BCUT2D eigenvalue weighted by atomic mass is 16.3. The second-order valence-electron chi connectivity index (χ2n) is 4.44. The molecule has 0 saturated carbocycles. The number of nitrogens with zero attached hydrogens (tertiary/aromatic N) is 2. The molecule has 0 spiro atoms. The number of amides is 1. The maximum Gasteiger partial charge on any atom is 0.251 e. The molecule has 0 aliphatic carbocycles. The van der Waals surface area contributed by atoms with Gasteiger partial charge in [-0.1, -0.05) is 23.4 Å². The van der Waals surface area contributed by atoms with Crippen LogP contribution >= 0.6 is 0 Å². The SMILES string of the molecule is Cc1cc(CN=O)ccc1C(=O)NCc1ccccn1. The van der Waals surface area contributed by atoms with Crippen LogP contribution in [-0.4, -0.2) is 10.9 Å². The van der Waals surface area contributed by atoms with Crippen LogP contribution in [0.15, 0.2) is 47.8 Å². The molecular weight excluding hydrogens is 254 g/mol. The fourth-order valence-corrected chi connectivity index (χ4v) is 1.92. The summed E-state index contributed by atoms with van der Waals surface area (Å²) in [7, 11) is 0. The number of benzene rings is 1. The molecule has 0 fully saturated rings. The third-order valence-electron chi connectivity index (χ3n) is 2.94. The number of aromatic nitrogens is 1. The Hall–Kier alpha value is -2.56. The first-order valence-corrected chi connectivity index (χ1v) is 6.27. The molecule has 1 N–H and O–H groups in total. The quantitative estimate of drug-likeness (QED) is 0.848. The first-order valence-electron chi connectivity index (χ1n) is 6.27. The van der Waals surface area contributed by atoms with E-state index in [4.69, 9.17) is 0 Å². The number of hydrogen-bond donors (Lipinski definition) is 1. The van der Waals surface area contributed by atoms with Gasteiger partial charge >= 0.3 is 0 Å². The highest BCUT2D eigenvalue weighted by molar-refractivity contribution is 5.95. The van der Waals surface area contributed by atoms with Crippen molar-refractivity contribution < 1.29 is 4.79 Å². The maximum atomic E-state index is 12.1. The predicted molar refractivity (Wildman–Crippen MR) is 76.1 cm³/mol. The minimum atomic E-state index is -0.154. The van der Waals surface area contributed by atoms with E-state index in [2.05, 4.69) is 15.5 Å². The molecule has 20 heavy (non-hydrogen) atoms. The van der Waals surface area contributed by atoms with E-state index in [1.807, 2.05) is 25.1 Å². The van der Waals surface area contributed by atoms with Crippen LogP contribution in [0.5, 0.6) is 0 Å². The molecule has 0 radical (unpaired) electrons. The van der Waals surface area contributed by atoms with Crippen molar-refractivity contribution >= 4 is 5.91 Å². The number of aryl methyl sites for hydroxylation is 1. The monoisotopic (exact) mass is 269 g/mol. The van der Waals surface area contributed by atoms with Crippen molar-refractivity contribution in [2.24, 2.45) is 5.18 Å². The lowest BCUT2D eigenvalue weighted by Gasteiger charge is -2.08. The summed E-state index contributed by atoms with van der Waals surface area (Å²) in [6.45, 7) is 2.34. The topological polar surface area (TPSA) is 71.4 Å². The molecule has 102 valence electrons. The van der Waals surface area contributed by atoms with Gasteiger partial charge in [-0.2, -0.15) is 4.91 Å². The molecule has 0 saturated heterocycles. The number of pyridine rings is 1. The van der Waals surface area contributed by atoms with Crippen molar-refractivity contribution in [3.8, 4) is 0 Å². The zero-order valence-electron chi connectivity index (χ0n) is 11.2. The molecule has 2 rings (SSSR count). The van der Waals surface area contributed by atoms with Crippen molar-refractivity contribution in [2.75, 3.05) is 0 Å². The molecule has 2 aromatic rings. The molecule has 1 amide bonds. The minimum Gasteiger partial charge on any atom is -0.346 e. The van der Waals surface area contributed by atoms with E-state index in [0.29, 0.717) is 12.1 Å². The molecule has 0 bridgehead atoms. The Kier molecular flexibility index (Phi) is 4.55. The molecule has 0 aliphatic rings. The maximum absolute atomic E-state index is 12.1. The standard InChI is InChI=1S/C15H15N3O2/c1-11-8-12(9-18-20)5-6-14(11)15(19)17-10-13-4-2-3-7-16-13/h2-8H,9-10H2,1H3,(H,17,19). The number of nitrogens with one attached hydrogen (secondary N) is 1. The van der Waals surface area contributed by atoms with Crippen LogP contribution in [0.1, 0.15) is 27.2 Å². The summed E-state index contributed by atoms with van der Waals surface area (Å²) in [4.78, 5) is 26.5. The number of carbonyl (C=O) groups excluding carboxylic acids is 1. The van der Waals surface area contributed by atoms with E-state index in [1.165, 1.54) is 0 Å². The smallest absolute Gasteiger partial charge is 0.251 e. The van der Waals surface area contributed by atoms with Gasteiger partial charge in [0, 0.05) is 11.8 Å². The van der Waals surface area contributed by atoms with E-state index >= 15 is 0 Å². The van der Waals surface area contributed by atoms with Gasteiger partial charge in [0.15, 0.2) is 0 Å². The van der Waals surface area contributed by atoms with Gasteiger partial charge in [0.2, 0.25) is 0 Å². The normalized spacial score (nSPS) is 10.1. The van der Waals surface area contributed by atoms with Crippen LogP contribution in [0.2, 0.25) is 0 Å². The summed E-state index contributed by atoms with van der Waals surface area (Å²) < 4.78 is 0. The zero-order valence-corrected chi connectivity index (χ0v) is 11.2.